The molecule has 1 aromatic heterocycles. The average molecular weight is 238 g/mol. The highest BCUT2D eigenvalue weighted by atomic mass is 16.5. The Kier molecular flexibility index (Phi) is 4.36. The Labute approximate surface area is 103 Å². The van der Waals surface area contributed by atoms with Gasteiger partial charge >= 0.3 is 0 Å². The maximum atomic E-state index is 5.24. The zero-order valence-electron chi connectivity index (χ0n) is 10.8. The van der Waals surface area contributed by atoms with Crippen LogP contribution in [0.4, 0.5) is 5.95 Å². The standard InChI is InChI=1S/C12H22N4O/c1-10(2)13-9-11-14-12(15-17-11)16-7-5-3-4-6-8-16/h10,13H,3-9H2,1-2H3. The number of anilines is 1. The van der Waals surface area contributed by atoms with Gasteiger partial charge in [0, 0.05) is 19.1 Å². The Morgan fingerprint density at radius 2 is 1.94 bits per heavy atom. The third-order valence-corrected chi connectivity index (χ3v) is 3.01. The van der Waals surface area contributed by atoms with Gasteiger partial charge in [0.2, 0.25) is 5.89 Å². The van der Waals surface area contributed by atoms with E-state index in [0.29, 0.717) is 18.5 Å². The van der Waals surface area contributed by atoms with Gasteiger partial charge in [0.05, 0.1) is 6.54 Å². The minimum Gasteiger partial charge on any atom is -0.338 e. The molecule has 1 saturated heterocycles. The van der Waals surface area contributed by atoms with Crippen LogP contribution < -0.4 is 10.2 Å². The molecule has 2 heterocycles. The van der Waals surface area contributed by atoms with Crippen LogP contribution in [0, 0.1) is 0 Å². The van der Waals surface area contributed by atoms with Crippen molar-refractivity contribution in [2.24, 2.45) is 0 Å². The summed E-state index contributed by atoms with van der Waals surface area (Å²) in [6.07, 6.45) is 5.09. The predicted octanol–water partition coefficient (Wildman–Crippen LogP) is 1.95. The highest BCUT2D eigenvalue weighted by Crippen LogP contribution is 2.16. The van der Waals surface area contributed by atoms with E-state index >= 15 is 0 Å². The van der Waals surface area contributed by atoms with Crippen LogP contribution in [0.5, 0.6) is 0 Å². The van der Waals surface area contributed by atoms with E-state index in [1.165, 1.54) is 25.7 Å². The Morgan fingerprint density at radius 1 is 1.24 bits per heavy atom. The fourth-order valence-corrected chi connectivity index (χ4v) is 2.01. The van der Waals surface area contributed by atoms with E-state index in [4.69, 9.17) is 4.52 Å². The zero-order chi connectivity index (χ0) is 12.1. The second-order valence-corrected chi connectivity index (χ2v) is 4.92. The van der Waals surface area contributed by atoms with Crippen LogP contribution in [0.15, 0.2) is 4.52 Å². The molecule has 0 bridgehead atoms. The van der Waals surface area contributed by atoms with Crippen molar-refractivity contribution in [3.05, 3.63) is 5.89 Å². The van der Waals surface area contributed by atoms with E-state index in [1.54, 1.807) is 0 Å². The van der Waals surface area contributed by atoms with Gasteiger partial charge in [-0.25, -0.2) is 0 Å². The number of nitrogens with one attached hydrogen (secondary N) is 1. The molecule has 0 aliphatic carbocycles. The summed E-state index contributed by atoms with van der Waals surface area (Å²) in [5.74, 6) is 1.44. The van der Waals surface area contributed by atoms with Gasteiger partial charge in [-0.15, -0.1) is 0 Å². The van der Waals surface area contributed by atoms with Gasteiger partial charge in [0.1, 0.15) is 0 Å². The highest BCUT2D eigenvalue weighted by Gasteiger charge is 2.15. The molecule has 1 aliphatic rings. The van der Waals surface area contributed by atoms with E-state index in [2.05, 4.69) is 34.2 Å². The first kappa shape index (κ1) is 12.4. The van der Waals surface area contributed by atoms with Crippen molar-refractivity contribution in [1.29, 1.82) is 0 Å². The summed E-state index contributed by atoms with van der Waals surface area (Å²) in [5, 5.41) is 7.33. The fraction of sp³-hybridized carbons (Fsp3) is 0.833. The first-order valence-electron chi connectivity index (χ1n) is 6.56. The molecule has 5 nitrogen and oxygen atoms in total. The largest absolute Gasteiger partial charge is 0.338 e. The van der Waals surface area contributed by atoms with Crippen LogP contribution >= 0.6 is 0 Å². The lowest BCUT2D eigenvalue weighted by atomic mass is 10.2. The highest BCUT2D eigenvalue weighted by molar-refractivity contribution is 5.27. The molecular formula is C12H22N4O. The Hall–Kier alpha value is -1.10. The first-order chi connectivity index (χ1) is 8.25. The summed E-state index contributed by atoms with van der Waals surface area (Å²) in [6, 6.07) is 0.434. The maximum absolute atomic E-state index is 5.24. The molecule has 96 valence electrons. The Bertz CT molecular complexity index is 329. The van der Waals surface area contributed by atoms with Crippen molar-refractivity contribution in [1.82, 2.24) is 15.5 Å². The molecule has 0 saturated carbocycles. The molecule has 1 fully saturated rings. The number of nitrogens with zero attached hydrogens (tertiary/aromatic N) is 3. The van der Waals surface area contributed by atoms with Gasteiger partial charge in [0.25, 0.3) is 5.95 Å². The Morgan fingerprint density at radius 3 is 2.59 bits per heavy atom. The van der Waals surface area contributed by atoms with Crippen molar-refractivity contribution in [2.45, 2.75) is 52.1 Å². The summed E-state index contributed by atoms with van der Waals surface area (Å²) in [4.78, 5) is 6.66. The smallest absolute Gasteiger partial charge is 0.266 e. The van der Waals surface area contributed by atoms with Gasteiger partial charge in [0.15, 0.2) is 0 Å². The SMILES string of the molecule is CC(C)NCc1nc(N2CCCCCC2)no1. The van der Waals surface area contributed by atoms with Crippen LogP contribution in [-0.2, 0) is 6.54 Å². The summed E-state index contributed by atoms with van der Waals surface area (Å²) < 4.78 is 5.24. The van der Waals surface area contributed by atoms with Crippen LogP contribution in [0.2, 0.25) is 0 Å². The lowest BCUT2D eigenvalue weighted by Crippen LogP contribution is -2.25. The van der Waals surface area contributed by atoms with Gasteiger partial charge in [-0.05, 0) is 18.0 Å². The normalized spacial score (nSPS) is 17.5. The van der Waals surface area contributed by atoms with Gasteiger partial charge in [-0.1, -0.05) is 26.7 Å². The number of hydrogen-bond donors (Lipinski definition) is 1. The van der Waals surface area contributed by atoms with Crippen LogP contribution in [0.3, 0.4) is 0 Å². The molecule has 0 atom stereocenters. The topological polar surface area (TPSA) is 54.2 Å². The monoisotopic (exact) mass is 238 g/mol. The molecule has 1 N–H and O–H groups in total. The van der Waals surface area contributed by atoms with E-state index in [0.717, 1.165) is 19.0 Å². The fourth-order valence-electron chi connectivity index (χ4n) is 2.01. The quantitative estimate of drug-likeness (QED) is 0.869. The third-order valence-electron chi connectivity index (χ3n) is 3.01. The third kappa shape index (κ3) is 3.70. The van der Waals surface area contributed by atoms with Gasteiger partial charge < -0.3 is 14.7 Å². The van der Waals surface area contributed by atoms with Crippen LogP contribution in [0.1, 0.15) is 45.4 Å². The lowest BCUT2D eigenvalue weighted by molar-refractivity contribution is 0.361. The van der Waals surface area contributed by atoms with Crippen molar-refractivity contribution >= 4 is 5.95 Å². The minimum absolute atomic E-state index is 0.434. The second-order valence-electron chi connectivity index (χ2n) is 4.92. The molecule has 0 aromatic carbocycles. The average Bonchev–Trinajstić information content (AvgIpc) is 2.60. The van der Waals surface area contributed by atoms with Gasteiger partial charge in [-0.2, -0.15) is 4.98 Å². The first-order valence-corrected chi connectivity index (χ1v) is 6.56. The van der Waals surface area contributed by atoms with Crippen molar-refractivity contribution in [2.75, 3.05) is 18.0 Å². The summed E-state index contributed by atoms with van der Waals surface area (Å²) >= 11 is 0. The van der Waals surface area contributed by atoms with Crippen molar-refractivity contribution < 1.29 is 4.52 Å². The lowest BCUT2D eigenvalue weighted by Gasteiger charge is -2.16. The molecule has 5 heteroatoms. The zero-order valence-corrected chi connectivity index (χ0v) is 10.8. The van der Waals surface area contributed by atoms with Crippen LogP contribution in [-0.4, -0.2) is 29.3 Å². The molecule has 2 rings (SSSR count). The second kappa shape index (κ2) is 6.00. The van der Waals surface area contributed by atoms with Crippen molar-refractivity contribution in [3.63, 3.8) is 0 Å². The Balaban J connectivity index is 1.92. The summed E-state index contributed by atoms with van der Waals surface area (Å²) in [6.45, 7) is 6.96. The number of rotatable bonds is 4. The molecule has 0 unspecified atom stereocenters. The van der Waals surface area contributed by atoms with Crippen LogP contribution in [0.25, 0.3) is 0 Å². The number of hydrogen-bond acceptors (Lipinski definition) is 5. The van der Waals surface area contributed by atoms with Crippen molar-refractivity contribution in [3.8, 4) is 0 Å². The molecule has 0 spiro atoms. The molecule has 1 aromatic rings. The minimum atomic E-state index is 0.434. The summed E-state index contributed by atoms with van der Waals surface area (Å²) in [5.41, 5.74) is 0. The number of aromatic nitrogens is 2. The molecule has 1 aliphatic heterocycles. The predicted molar refractivity (Wildman–Crippen MR) is 67.0 cm³/mol. The molecular weight excluding hydrogens is 216 g/mol. The van der Waals surface area contributed by atoms with E-state index in [9.17, 15) is 0 Å². The van der Waals surface area contributed by atoms with E-state index < -0.39 is 0 Å². The molecule has 17 heavy (non-hydrogen) atoms. The van der Waals surface area contributed by atoms with E-state index in [1.807, 2.05) is 0 Å². The molecule has 0 radical (unpaired) electrons. The molecule has 0 amide bonds. The summed E-state index contributed by atoms with van der Waals surface area (Å²) in [7, 11) is 0. The van der Waals surface area contributed by atoms with E-state index in [-0.39, 0.29) is 0 Å². The van der Waals surface area contributed by atoms with Gasteiger partial charge in [-0.3, -0.25) is 0 Å². The maximum Gasteiger partial charge on any atom is 0.266 e.